The van der Waals surface area contributed by atoms with E-state index in [4.69, 9.17) is 23.9 Å². The van der Waals surface area contributed by atoms with Crippen LogP contribution in [0.2, 0.25) is 0 Å². The van der Waals surface area contributed by atoms with Crippen LogP contribution in [0.5, 0.6) is 11.5 Å². The van der Waals surface area contributed by atoms with Crippen molar-refractivity contribution in [3.8, 4) is 11.5 Å². The first-order chi connectivity index (χ1) is 15.8. The van der Waals surface area contributed by atoms with Crippen molar-refractivity contribution in [2.45, 2.75) is 38.3 Å². The predicted molar refractivity (Wildman–Crippen MR) is 122 cm³/mol. The molecule has 1 fully saturated rings. The number of benzene rings is 1. The Bertz CT molecular complexity index is 879. The van der Waals surface area contributed by atoms with Crippen molar-refractivity contribution in [3.63, 3.8) is 0 Å². The van der Waals surface area contributed by atoms with Crippen LogP contribution in [0.1, 0.15) is 31.4 Å². The fourth-order valence-electron chi connectivity index (χ4n) is 3.61. The number of guanidine groups is 1. The Balaban J connectivity index is 1.32. The molecule has 1 atom stereocenters. The van der Waals surface area contributed by atoms with Crippen LogP contribution in [0.25, 0.3) is 0 Å². The van der Waals surface area contributed by atoms with Crippen LogP contribution in [0, 0.1) is 0 Å². The highest BCUT2D eigenvalue weighted by Gasteiger charge is 2.15. The molecule has 0 saturated carbocycles. The van der Waals surface area contributed by atoms with Gasteiger partial charge in [-0.05, 0) is 37.5 Å². The maximum Gasteiger partial charge on any atom is 0.196 e. The van der Waals surface area contributed by atoms with Crippen molar-refractivity contribution in [3.05, 3.63) is 36.2 Å². The molecule has 2 aliphatic heterocycles. The molecule has 1 unspecified atom stereocenters. The van der Waals surface area contributed by atoms with Gasteiger partial charge in [0.1, 0.15) is 0 Å². The van der Waals surface area contributed by atoms with Gasteiger partial charge in [0.05, 0.1) is 38.2 Å². The average molecular weight is 444 g/mol. The summed E-state index contributed by atoms with van der Waals surface area (Å²) >= 11 is 0. The lowest BCUT2D eigenvalue weighted by Crippen LogP contribution is -2.32. The molecule has 1 aromatic heterocycles. The number of nitrogens with zero attached hydrogens (tertiary/aromatic N) is 3. The zero-order valence-electron chi connectivity index (χ0n) is 18.7. The largest absolute Gasteiger partial charge is 0.490 e. The van der Waals surface area contributed by atoms with Crippen LogP contribution in [0.15, 0.2) is 35.5 Å². The minimum atomic E-state index is 0.264. The molecule has 4 rings (SSSR count). The number of fused-ring (bicyclic) bond motifs is 1. The smallest absolute Gasteiger partial charge is 0.196 e. The monoisotopic (exact) mass is 443 g/mol. The van der Waals surface area contributed by atoms with Crippen molar-refractivity contribution >= 4 is 11.6 Å². The number of anilines is 1. The summed E-state index contributed by atoms with van der Waals surface area (Å²) in [5, 5.41) is 11.0. The summed E-state index contributed by atoms with van der Waals surface area (Å²) in [5.74, 6) is 2.22. The summed E-state index contributed by atoms with van der Waals surface area (Å²) in [6.07, 6.45) is 6.03. The van der Waals surface area contributed by atoms with Crippen LogP contribution in [0.4, 0.5) is 5.69 Å². The van der Waals surface area contributed by atoms with Crippen LogP contribution in [0.3, 0.4) is 0 Å². The zero-order chi connectivity index (χ0) is 22.0. The third-order valence-electron chi connectivity index (χ3n) is 5.42. The Morgan fingerprint density at radius 3 is 2.91 bits per heavy atom. The molecule has 0 aliphatic carbocycles. The van der Waals surface area contributed by atoms with Gasteiger partial charge in [0.15, 0.2) is 17.5 Å². The van der Waals surface area contributed by atoms with Crippen LogP contribution < -0.4 is 20.1 Å². The second-order valence-corrected chi connectivity index (χ2v) is 7.94. The first kappa shape index (κ1) is 22.4. The van der Waals surface area contributed by atoms with Gasteiger partial charge in [0.25, 0.3) is 0 Å². The molecule has 3 heterocycles. The molecule has 1 saturated heterocycles. The van der Waals surface area contributed by atoms with Crippen molar-refractivity contribution < 1.29 is 18.9 Å². The van der Waals surface area contributed by atoms with E-state index in [0.29, 0.717) is 38.9 Å². The lowest BCUT2D eigenvalue weighted by atomic mass is 10.2. The molecule has 174 valence electrons. The van der Waals surface area contributed by atoms with E-state index >= 15 is 0 Å². The number of ether oxygens (including phenoxy) is 4. The van der Waals surface area contributed by atoms with Crippen molar-refractivity contribution in [1.29, 1.82) is 0 Å². The summed E-state index contributed by atoms with van der Waals surface area (Å²) in [7, 11) is 1.92. The highest BCUT2D eigenvalue weighted by molar-refractivity contribution is 5.93. The summed E-state index contributed by atoms with van der Waals surface area (Å²) in [4.78, 5) is 4.73. The first-order valence-corrected chi connectivity index (χ1v) is 11.4. The maximum absolute atomic E-state index is 5.81. The minimum Gasteiger partial charge on any atom is -0.490 e. The Morgan fingerprint density at radius 1 is 1.19 bits per heavy atom. The SMILES string of the molecule is Cn1nccc1CN=C(NCCCOCC1CCCO1)Nc1ccc2c(c1)OCCCO2. The van der Waals surface area contributed by atoms with Crippen molar-refractivity contribution in [2.75, 3.05) is 44.9 Å². The van der Waals surface area contributed by atoms with E-state index in [1.165, 1.54) is 0 Å². The van der Waals surface area contributed by atoms with Gasteiger partial charge in [-0.25, -0.2) is 4.99 Å². The molecule has 1 aromatic carbocycles. The summed E-state index contributed by atoms with van der Waals surface area (Å²) < 4.78 is 24.7. The molecule has 2 aromatic rings. The van der Waals surface area contributed by atoms with Gasteiger partial charge in [-0.2, -0.15) is 5.10 Å². The number of rotatable bonds is 9. The maximum atomic E-state index is 5.81. The molecule has 0 bridgehead atoms. The Morgan fingerprint density at radius 2 is 2.09 bits per heavy atom. The normalized spacial score (nSPS) is 18.4. The van der Waals surface area contributed by atoms with Gasteiger partial charge in [0, 0.05) is 51.2 Å². The second kappa shape index (κ2) is 11.7. The standard InChI is InChI=1S/C23H33N5O4/c1-28-19(8-10-26-28)16-25-23(24-9-3-11-29-17-20-5-2-12-30-20)27-18-6-7-21-22(15-18)32-14-4-13-31-21/h6-8,10,15,20H,2-5,9,11-14,16-17H2,1H3,(H2,24,25,27). The number of aliphatic imine (C=N–C) groups is 1. The zero-order valence-corrected chi connectivity index (χ0v) is 18.7. The van der Waals surface area contributed by atoms with Gasteiger partial charge in [0.2, 0.25) is 0 Å². The van der Waals surface area contributed by atoms with Crippen LogP contribution in [-0.2, 0) is 23.1 Å². The number of nitrogens with one attached hydrogen (secondary N) is 2. The van der Waals surface area contributed by atoms with Crippen LogP contribution in [-0.4, -0.2) is 61.4 Å². The highest BCUT2D eigenvalue weighted by Crippen LogP contribution is 2.32. The van der Waals surface area contributed by atoms with Crippen molar-refractivity contribution in [2.24, 2.45) is 12.0 Å². The molecule has 2 N–H and O–H groups in total. The first-order valence-electron chi connectivity index (χ1n) is 11.4. The topological polar surface area (TPSA) is 91.2 Å². The molecule has 32 heavy (non-hydrogen) atoms. The minimum absolute atomic E-state index is 0.264. The predicted octanol–water partition coefficient (Wildman–Crippen LogP) is 2.72. The fourth-order valence-corrected chi connectivity index (χ4v) is 3.61. The second-order valence-electron chi connectivity index (χ2n) is 7.94. The number of aromatic nitrogens is 2. The molecular formula is C23H33N5O4. The Hall–Kier alpha value is -2.78. The Labute approximate surface area is 189 Å². The molecule has 0 spiro atoms. The van der Waals surface area contributed by atoms with Gasteiger partial charge < -0.3 is 29.6 Å². The summed E-state index contributed by atoms with van der Waals surface area (Å²) in [5.41, 5.74) is 1.92. The van der Waals surface area contributed by atoms with Gasteiger partial charge in [-0.1, -0.05) is 0 Å². The lowest BCUT2D eigenvalue weighted by molar-refractivity contribution is 0.0168. The van der Waals surface area contributed by atoms with Gasteiger partial charge in [-0.3, -0.25) is 4.68 Å². The Kier molecular flexibility index (Phi) is 8.22. The van der Waals surface area contributed by atoms with E-state index in [1.807, 2.05) is 36.0 Å². The quantitative estimate of drug-likeness (QED) is 0.350. The number of aryl methyl sites for hydroxylation is 1. The van der Waals surface area contributed by atoms with Crippen molar-refractivity contribution in [1.82, 2.24) is 15.1 Å². The lowest BCUT2D eigenvalue weighted by Gasteiger charge is -2.15. The average Bonchev–Trinajstić information content (AvgIpc) is 3.40. The fraction of sp³-hybridized carbons (Fsp3) is 0.565. The third kappa shape index (κ3) is 6.61. The molecule has 0 amide bonds. The van der Waals surface area contributed by atoms with Gasteiger partial charge in [-0.15, -0.1) is 0 Å². The molecule has 0 radical (unpaired) electrons. The van der Waals surface area contributed by atoms with E-state index < -0.39 is 0 Å². The molecule has 9 nitrogen and oxygen atoms in total. The van der Waals surface area contributed by atoms with Gasteiger partial charge >= 0.3 is 0 Å². The third-order valence-corrected chi connectivity index (χ3v) is 5.42. The number of hydrogen-bond donors (Lipinski definition) is 2. The molecule has 2 aliphatic rings. The van der Waals surface area contributed by atoms with E-state index in [9.17, 15) is 0 Å². The van der Waals surface area contributed by atoms with E-state index in [2.05, 4.69) is 15.7 Å². The van der Waals surface area contributed by atoms with E-state index in [1.54, 1.807) is 6.20 Å². The molecule has 9 heteroatoms. The highest BCUT2D eigenvalue weighted by atomic mass is 16.5. The summed E-state index contributed by atoms with van der Waals surface area (Å²) in [6.45, 7) is 4.81. The number of hydrogen-bond acceptors (Lipinski definition) is 6. The van der Waals surface area contributed by atoms with E-state index in [0.717, 1.165) is 61.7 Å². The van der Waals surface area contributed by atoms with E-state index in [-0.39, 0.29) is 6.10 Å². The van der Waals surface area contributed by atoms with Crippen LogP contribution >= 0.6 is 0 Å². The summed E-state index contributed by atoms with van der Waals surface area (Å²) in [6, 6.07) is 7.82. The molecular weight excluding hydrogens is 410 g/mol.